The standard InChI is InChI=1S/C26H21NO5S/c1-15-4-7-18(8-5-15)25(28)21-13-27-22-12-24-23(31-14-32-24)11-20(22)26(21)33(29,30)19-9-6-16(2)17(3)10-19/h4-13H,14H2,1-3H3. The van der Waals surface area contributed by atoms with E-state index in [2.05, 4.69) is 4.98 Å². The Bertz CT molecular complexity index is 1540. The lowest BCUT2D eigenvalue weighted by Crippen LogP contribution is -2.13. The summed E-state index contributed by atoms with van der Waals surface area (Å²) in [5, 5.41) is 0.315. The van der Waals surface area contributed by atoms with Gasteiger partial charge in [0.2, 0.25) is 16.6 Å². The summed E-state index contributed by atoms with van der Waals surface area (Å²) in [6.07, 6.45) is 1.33. The van der Waals surface area contributed by atoms with Gasteiger partial charge in [0.25, 0.3) is 0 Å². The van der Waals surface area contributed by atoms with Crippen molar-refractivity contribution in [3.05, 3.63) is 88.6 Å². The molecule has 5 rings (SSSR count). The van der Waals surface area contributed by atoms with Gasteiger partial charge in [-0.3, -0.25) is 9.78 Å². The van der Waals surface area contributed by atoms with Gasteiger partial charge in [0.05, 0.1) is 20.9 Å². The molecule has 1 aliphatic heterocycles. The number of fused-ring (bicyclic) bond motifs is 2. The van der Waals surface area contributed by atoms with Crippen LogP contribution in [0.2, 0.25) is 0 Å². The largest absolute Gasteiger partial charge is 0.454 e. The zero-order valence-electron chi connectivity index (χ0n) is 18.4. The zero-order valence-corrected chi connectivity index (χ0v) is 19.2. The number of carbonyl (C=O) groups excluding carboxylic acids is 1. The minimum absolute atomic E-state index is 0.0171. The van der Waals surface area contributed by atoms with Gasteiger partial charge in [-0.15, -0.1) is 0 Å². The Kier molecular flexibility index (Phi) is 4.94. The fraction of sp³-hybridized carbons (Fsp3) is 0.154. The second-order valence-electron chi connectivity index (χ2n) is 8.17. The first kappa shape index (κ1) is 21.2. The lowest BCUT2D eigenvalue weighted by molar-refractivity contribution is 0.103. The van der Waals surface area contributed by atoms with E-state index >= 15 is 0 Å². The maximum atomic E-state index is 14.0. The van der Waals surface area contributed by atoms with Crippen LogP contribution in [0.15, 0.2) is 70.6 Å². The van der Waals surface area contributed by atoms with Gasteiger partial charge in [-0.05, 0) is 50.1 Å². The van der Waals surface area contributed by atoms with E-state index in [1.165, 1.54) is 6.20 Å². The Labute approximate surface area is 191 Å². The first-order chi connectivity index (χ1) is 15.8. The molecule has 33 heavy (non-hydrogen) atoms. The van der Waals surface area contributed by atoms with Crippen LogP contribution in [0.5, 0.6) is 11.5 Å². The Morgan fingerprint density at radius 3 is 2.27 bits per heavy atom. The van der Waals surface area contributed by atoms with Gasteiger partial charge in [-0.1, -0.05) is 35.9 Å². The van der Waals surface area contributed by atoms with E-state index in [-0.39, 0.29) is 22.1 Å². The third-order valence-corrected chi connectivity index (χ3v) is 7.78. The Hall–Kier alpha value is -3.71. The van der Waals surface area contributed by atoms with Crippen molar-refractivity contribution in [1.29, 1.82) is 0 Å². The van der Waals surface area contributed by atoms with Gasteiger partial charge in [0.1, 0.15) is 0 Å². The number of aryl methyl sites for hydroxylation is 3. The van der Waals surface area contributed by atoms with Gasteiger partial charge in [0.15, 0.2) is 17.3 Å². The highest BCUT2D eigenvalue weighted by Crippen LogP contribution is 2.40. The monoisotopic (exact) mass is 459 g/mol. The van der Waals surface area contributed by atoms with Crippen molar-refractivity contribution in [3.63, 3.8) is 0 Å². The highest BCUT2D eigenvalue weighted by atomic mass is 32.2. The zero-order chi connectivity index (χ0) is 23.3. The van der Waals surface area contributed by atoms with Crippen LogP contribution in [0.3, 0.4) is 0 Å². The third-order valence-electron chi connectivity index (χ3n) is 5.93. The maximum absolute atomic E-state index is 14.0. The topological polar surface area (TPSA) is 82.6 Å². The number of hydrogen-bond donors (Lipinski definition) is 0. The average Bonchev–Trinajstić information content (AvgIpc) is 3.25. The summed E-state index contributed by atoms with van der Waals surface area (Å²) in [5.74, 6) is 0.493. The van der Waals surface area contributed by atoms with Crippen molar-refractivity contribution in [2.45, 2.75) is 30.6 Å². The summed E-state index contributed by atoms with van der Waals surface area (Å²) in [4.78, 5) is 17.9. The molecule has 1 aliphatic rings. The highest BCUT2D eigenvalue weighted by Gasteiger charge is 2.30. The van der Waals surface area contributed by atoms with Crippen LogP contribution in [0, 0.1) is 20.8 Å². The predicted molar refractivity (Wildman–Crippen MR) is 124 cm³/mol. The molecular formula is C26H21NO5S. The number of carbonyl (C=O) groups is 1. The van der Waals surface area contributed by atoms with E-state index in [1.54, 1.807) is 42.5 Å². The van der Waals surface area contributed by atoms with Crippen molar-refractivity contribution in [1.82, 2.24) is 4.98 Å². The molecule has 4 aromatic rings. The molecule has 0 saturated carbocycles. The molecule has 0 spiro atoms. The molecule has 166 valence electrons. The molecule has 7 heteroatoms. The number of ether oxygens (including phenoxy) is 2. The first-order valence-corrected chi connectivity index (χ1v) is 11.9. The number of benzene rings is 3. The molecule has 0 atom stereocenters. The quantitative estimate of drug-likeness (QED) is 0.402. The van der Waals surface area contributed by atoms with E-state index in [0.29, 0.717) is 28.0 Å². The van der Waals surface area contributed by atoms with E-state index in [9.17, 15) is 13.2 Å². The lowest BCUT2D eigenvalue weighted by atomic mass is 10.0. The minimum Gasteiger partial charge on any atom is -0.454 e. The Morgan fingerprint density at radius 1 is 0.879 bits per heavy atom. The second-order valence-corrected chi connectivity index (χ2v) is 10.1. The van der Waals surface area contributed by atoms with E-state index in [4.69, 9.17) is 9.47 Å². The first-order valence-electron chi connectivity index (χ1n) is 10.4. The molecule has 0 unspecified atom stereocenters. The summed E-state index contributed by atoms with van der Waals surface area (Å²) in [6, 6.07) is 15.2. The van der Waals surface area contributed by atoms with Gasteiger partial charge >= 0.3 is 0 Å². The summed E-state index contributed by atoms with van der Waals surface area (Å²) in [6.45, 7) is 5.74. The summed E-state index contributed by atoms with van der Waals surface area (Å²) >= 11 is 0. The summed E-state index contributed by atoms with van der Waals surface area (Å²) in [5.41, 5.74) is 3.63. The predicted octanol–water partition coefficient (Wildman–Crippen LogP) is 4.95. The fourth-order valence-corrected chi connectivity index (χ4v) is 5.57. The van der Waals surface area contributed by atoms with Crippen molar-refractivity contribution < 1.29 is 22.7 Å². The van der Waals surface area contributed by atoms with E-state index in [1.807, 2.05) is 32.9 Å². The van der Waals surface area contributed by atoms with Crippen LogP contribution < -0.4 is 9.47 Å². The minimum atomic E-state index is -4.07. The average molecular weight is 460 g/mol. The highest BCUT2D eigenvalue weighted by molar-refractivity contribution is 7.91. The number of sulfone groups is 1. The smallest absolute Gasteiger partial charge is 0.231 e. The van der Waals surface area contributed by atoms with E-state index < -0.39 is 15.6 Å². The van der Waals surface area contributed by atoms with Crippen LogP contribution in [-0.4, -0.2) is 26.0 Å². The number of rotatable bonds is 4. The van der Waals surface area contributed by atoms with Crippen LogP contribution in [-0.2, 0) is 9.84 Å². The van der Waals surface area contributed by atoms with Crippen molar-refractivity contribution in [2.75, 3.05) is 6.79 Å². The van der Waals surface area contributed by atoms with Gasteiger partial charge in [-0.2, -0.15) is 0 Å². The Morgan fingerprint density at radius 2 is 1.58 bits per heavy atom. The molecule has 0 fully saturated rings. The second kappa shape index (κ2) is 7.71. The third kappa shape index (κ3) is 3.54. The van der Waals surface area contributed by atoms with Crippen LogP contribution in [0.1, 0.15) is 32.6 Å². The molecular weight excluding hydrogens is 438 g/mol. The number of nitrogens with zero attached hydrogens (tertiary/aromatic N) is 1. The molecule has 2 heterocycles. The van der Waals surface area contributed by atoms with Gasteiger partial charge < -0.3 is 9.47 Å². The number of hydrogen-bond acceptors (Lipinski definition) is 6. The van der Waals surface area contributed by atoms with Crippen molar-refractivity contribution in [2.24, 2.45) is 0 Å². The summed E-state index contributed by atoms with van der Waals surface area (Å²) < 4.78 is 38.8. The summed E-state index contributed by atoms with van der Waals surface area (Å²) in [7, 11) is -4.07. The number of ketones is 1. The van der Waals surface area contributed by atoms with Gasteiger partial charge in [-0.25, -0.2) is 8.42 Å². The molecule has 0 saturated heterocycles. The number of aromatic nitrogens is 1. The molecule has 0 amide bonds. The van der Waals surface area contributed by atoms with Crippen molar-refractivity contribution >= 4 is 26.5 Å². The molecule has 0 bridgehead atoms. The molecule has 1 aromatic heterocycles. The van der Waals surface area contributed by atoms with Crippen LogP contribution in [0.4, 0.5) is 0 Å². The molecule has 6 nitrogen and oxygen atoms in total. The molecule has 0 aliphatic carbocycles. The van der Waals surface area contributed by atoms with E-state index in [0.717, 1.165) is 16.7 Å². The normalized spacial score (nSPS) is 12.8. The lowest BCUT2D eigenvalue weighted by Gasteiger charge is -2.14. The number of pyridine rings is 1. The van der Waals surface area contributed by atoms with Crippen LogP contribution >= 0.6 is 0 Å². The van der Waals surface area contributed by atoms with Crippen molar-refractivity contribution in [3.8, 4) is 11.5 Å². The molecule has 0 N–H and O–H groups in total. The fourth-order valence-electron chi connectivity index (χ4n) is 3.87. The van der Waals surface area contributed by atoms with Gasteiger partial charge in [0, 0.05) is 23.2 Å². The SMILES string of the molecule is Cc1ccc(C(=O)c2cnc3cc4c(cc3c2S(=O)(=O)c2ccc(C)c(C)c2)OCO4)cc1. The molecule has 0 radical (unpaired) electrons. The molecule has 3 aromatic carbocycles. The maximum Gasteiger partial charge on any atom is 0.231 e. The Balaban J connectivity index is 1.81. The van der Waals surface area contributed by atoms with Crippen LogP contribution in [0.25, 0.3) is 10.9 Å².